The molecule has 1 aromatic rings. The maximum absolute atomic E-state index is 7.22. The van der Waals surface area contributed by atoms with Crippen LogP contribution in [0.25, 0.3) is 0 Å². The van der Waals surface area contributed by atoms with Gasteiger partial charge in [-0.05, 0) is 25.2 Å². The molecule has 92 valence electrons. The molecule has 1 fully saturated rings. The lowest BCUT2D eigenvalue weighted by Gasteiger charge is -2.26. The Morgan fingerprint density at radius 2 is 2.24 bits per heavy atom. The molecule has 2 unspecified atom stereocenters. The molecule has 0 amide bonds. The van der Waals surface area contributed by atoms with Gasteiger partial charge in [0.25, 0.3) is 0 Å². The van der Waals surface area contributed by atoms with Crippen molar-refractivity contribution in [2.75, 3.05) is 0 Å². The summed E-state index contributed by atoms with van der Waals surface area (Å²) in [4.78, 5) is 8.14. The van der Waals surface area contributed by atoms with Crippen LogP contribution in [0.3, 0.4) is 0 Å². The minimum Gasteiger partial charge on any atom is -0.473 e. The first-order valence-electron chi connectivity index (χ1n) is 5.98. The zero-order chi connectivity index (χ0) is 12.3. The number of rotatable bonds is 3. The summed E-state index contributed by atoms with van der Waals surface area (Å²) in [7, 11) is 0. The van der Waals surface area contributed by atoms with Gasteiger partial charge in [-0.15, -0.1) is 0 Å². The minimum atomic E-state index is -0.0738. The van der Waals surface area contributed by atoms with Gasteiger partial charge in [-0.2, -0.15) is 0 Å². The number of nitrogen functional groups attached to an aromatic ring is 1. The van der Waals surface area contributed by atoms with E-state index in [0.717, 1.165) is 18.8 Å². The van der Waals surface area contributed by atoms with Crippen molar-refractivity contribution >= 4 is 5.84 Å². The molecule has 2 rings (SSSR count). The fourth-order valence-corrected chi connectivity index (χ4v) is 2.17. The van der Waals surface area contributed by atoms with E-state index >= 15 is 0 Å². The van der Waals surface area contributed by atoms with Crippen molar-refractivity contribution in [3.8, 4) is 5.88 Å². The third-order valence-electron chi connectivity index (χ3n) is 3.08. The monoisotopic (exact) mass is 234 g/mol. The molecular formula is C12H18N4O. The second-order valence-corrected chi connectivity index (χ2v) is 4.67. The fourth-order valence-electron chi connectivity index (χ4n) is 2.17. The maximum atomic E-state index is 7.22. The maximum Gasteiger partial charge on any atom is 0.232 e. The number of hydrogen-bond acceptors (Lipinski definition) is 4. The number of aromatic nitrogens is 2. The average Bonchev–Trinajstić information content (AvgIpc) is 2.29. The van der Waals surface area contributed by atoms with Crippen LogP contribution in [0.1, 0.15) is 38.3 Å². The molecule has 0 saturated heterocycles. The van der Waals surface area contributed by atoms with Crippen molar-refractivity contribution in [2.45, 2.75) is 38.7 Å². The summed E-state index contributed by atoms with van der Waals surface area (Å²) in [5.41, 5.74) is 5.69. The molecule has 1 aliphatic carbocycles. The van der Waals surface area contributed by atoms with E-state index in [0.29, 0.717) is 11.6 Å². The van der Waals surface area contributed by atoms with Crippen LogP contribution in [-0.2, 0) is 0 Å². The number of nitrogens with zero attached hydrogens (tertiary/aromatic N) is 2. The van der Waals surface area contributed by atoms with Crippen LogP contribution in [-0.4, -0.2) is 21.9 Å². The standard InChI is InChI=1S/C12H18N4O/c1-8-3-2-4-9(5-8)17-11-7-15-10(6-16-11)12(13)14/h6-9H,2-5H2,1H3,(H3,13,14). The average molecular weight is 234 g/mol. The van der Waals surface area contributed by atoms with Crippen LogP contribution in [0.2, 0.25) is 0 Å². The van der Waals surface area contributed by atoms with E-state index in [4.69, 9.17) is 15.9 Å². The number of nitrogens with two attached hydrogens (primary N) is 1. The molecule has 3 N–H and O–H groups in total. The molecule has 1 aromatic heterocycles. The lowest BCUT2D eigenvalue weighted by Crippen LogP contribution is -2.24. The van der Waals surface area contributed by atoms with Crippen molar-refractivity contribution in [1.29, 1.82) is 5.41 Å². The largest absolute Gasteiger partial charge is 0.473 e. The van der Waals surface area contributed by atoms with Crippen molar-refractivity contribution in [3.63, 3.8) is 0 Å². The van der Waals surface area contributed by atoms with Crippen LogP contribution >= 0.6 is 0 Å². The SMILES string of the molecule is CC1CCCC(Oc2cnc(C(=N)N)cn2)C1. The van der Waals surface area contributed by atoms with E-state index < -0.39 is 0 Å². The van der Waals surface area contributed by atoms with E-state index in [1.165, 1.54) is 25.2 Å². The summed E-state index contributed by atoms with van der Waals surface area (Å²) < 4.78 is 5.78. The molecule has 1 aliphatic rings. The van der Waals surface area contributed by atoms with Gasteiger partial charge in [0.05, 0.1) is 12.4 Å². The molecule has 2 atom stereocenters. The van der Waals surface area contributed by atoms with Crippen LogP contribution in [0, 0.1) is 11.3 Å². The van der Waals surface area contributed by atoms with Gasteiger partial charge in [0.15, 0.2) is 0 Å². The van der Waals surface area contributed by atoms with Crippen LogP contribution in [0.4, 0.5) is 0 Å². The first kappa shape index (κ1) is 11.8. The summed E-state index contributed by atoms with van der Waals surface area (Å²) in [6, 6.07) is 0. The number of hydrogen-bond donors (Lipinski definition) is 2. The number of amidine groups is 1. The van der Waals surface area contributed by atoms with Crippen molar-refractivity contribution in [1.82, 2.24) is 9.97 Å². The van der Waals surface area contributed by atoms with Gasteiger partial charge < -0.3 is 10.5 Å². The molecule has 0 aromatic carbocycles. The quantitative estimate of drug-likeness (QED) is 0.616. The molecule has 1 heterocycles. The van der Waals surface area contributed by atoms with Gasteiger partial charge in [0.1, 0.15) is 17.6 Å². The predicted molar refractivity (Wildman–Crippen MR) is 65.1 cm³/mol. The molecular weight excluding hydrogens is 216 g/mol. The minimum absolute atomic E-state index is 0.0738. The second kappa shape index (κ2) is 5.12. The highest BCUT2D eigenvalue weighted by atomic mass is 16.5. The van der Waals surface area contributed by atoms with E-state index in [1.54, 1.807) is 0 Å². The van der Waals surface area contributed by atoms with E-state index in [9.17, 15) is 0 Å². The van der Waals surface area contributed by atoms with E-state index in [1.807, 2.05) is 0 Å². The lowest BCUT2D eigenvalue weighted by molar-refractivity contribution is 0.123. The third kappa shape index (κ3) is 3.15. The summed E-state index contributed by atoms with van der Waals surface area (Å²) in [5, 5.41) is 7.22. The summed E-state index contributed by atoms with van der Waals surface area (Å²) in [6.07, 6.45) is 7.92. The second-order valence-electron chi connectivity index (χ2n) is 4.67. The van der Waals surface area contributed by atoms with Crippen LogP contribution in [0.5, 0.6) is 5.88 Å². The normalized spacial score (nSPS) is 24.3. The molecule has 0 spiro atoms. The molecule has 1 saturated carbocycles. The van der Waals surface area contributed by atoms with E-state index in [-0.39, 0.29) is 11.9 Å². The Balaban J connectivity index is 1.96. The van der Waals surface area contributed by atoms with Crippen molar-refractivity contribution < 1.29 is 4.74 Å². The first-order valence-corrected chi connectivity index (χ1v) is 5.98. The smallest absolute Gasteiger partial charge is 0.232 e. The van der Waals surface area contributed by atoms with Crippen LogP contribution in [0.15, 0.2) is 12.4 Å². The first-order chi connectivity index (χ1) is 8.15. The highest BCUT2D eigenvalue weighted by Gasteiger charge is 2.20. The summed E-state index contributed by atoms with van der Waals surface area (Å²) in [6.45, 7) is 2.25. The fraction of sp³-hybridized carbons (Fsp3) is 0.583. The highest BCUT2D eigenvalue weighted by Crippen LogP contribution is 2.26. The number of ether oxygens (including phenoxy) is 1. The summed E-state index contributed by atoms with van der Waals surface area (Å²) >= 11 is 0. The Morgan fingerprint density at radius 1 is 1.41 bits per heavy atom. The third-order valence-corrected chi connectivity index (χ3v) is 3.08. The molecule has 5 nitrogen and oxygen atoms in total. The highest BCUT2D eigenvalue weighted by molar-refractivity contribution is 5.92. The van der Waals surface area contributed by atoms with Gasteiger partial charge in [0, 0.05) is 0 Å². The Hall–Kier alpha value is -1.65. The van der Waals surface area contributed by atoms with Gasteiger partial charge in [-0.3, -0.25) is 5.41 Å². The van der Waals surface area contributed by atoms with Gasteiger partial charge in [-0.25, -0.2) is 9.97 Å². The van der Waals surface area contributed by atoms with Crippen molar-refractivity contribution in [3.05, 3.63) is 18.1 Å². The Labute approximate surface area is 101 Å². The number of nitrogens with one attached hydrogen (secondary N) is 1. The van der Waals surface area contributed by atoms with Gasteiger partial charge in [0.2, 0.25) is 5.88 Å². The van der Waals surface area contributed by atoms with Crippen LogP contribution < -0.4 is 10.5 Å². The molecule has 5 heteroatoms. The zero-order valence-electron chi connectivity index (χ0n) is 10.0. The topological polar surface area (TPSA) is 84.9 Å². The van der Waals surface area contributed by atoms with Crippen molar-refractivity contribution in [2.24, 2.45) is 11.7 Å². The molecule has 17 heavy (non-hydrogen) atoms. The van der Waals surface area contributed by atoms with E-state index in [2.05, 4.69) is 16.9 Å². The molecule has 0 aliphatic heterocycles. The Morgan fingerprint density at radius 3 is 2.82 bits per heavy atom. The lowest BCUT2D eigenvalue weighted by atomic mass is 9.89. The van der Waals surface area contributed by atoms with Gasteiger partial charge >= 0.3 is 0 Å². The van der Waals surface area contributed by atoms with Gasteiger partial charge in [-0.1, -0.05) is 13.3 Å². The Kier molecular flexibility index (Phi) is 3.56. The zero-order valence-corrected chi connectivity index (χ0v) is 10.0. The molecule has 0 bridgehead atoms. The summed E-state index contributed by atoms with van der Waals surface area (Å²) in [5.74, 6) is 1.17. The molecule has 0 radical (unpaired) electrons. The Bertz CT molecular complexity index is 390. The predicted octanol–water partition coefficient (Wildman–Crippen LogP) is 1.72.